The minimum Gasteiger partial charge on any atom is -0.491 e. The predicted molar refractivity (Wildman–Crippen MR) is 104 cm³/mol. The number of ether oxygens (including phenoxy) is 2. The number of aliphatic imine (C=N–C) groups is 1. The lowest BCUT2D eigenvalue weighted by atomic mass is 10.1. The van der Waals surface area contributed by atoms with E-state index in [2.05, 4.69) is 47.0 Å². The van der Waals surface area contributed by atoms with Crippen LogP contribution in [0.5, 0.6) is 5.75 Å². The van der Waals surface area contributed by atoms with Gasteiger partial charge in [-0.15, -0.1) is 0 Å². The number of benzene rings is 1. The van der Waals surface area contributed by atoms with Gasteiger partial charge in [0.15, 0.2) is 5.96 Å². The Kier molecular flexibility index (Phi) is 11.1. The van der Waals surface area contributed by atoms with Crippen LogP contribution < -0.4 is 15.4 Å². The van der Waals surface area contributed by atoms with E-state index in [4.69, 9.17) is 9.47 Å². The van der Waals surface area contributed by atoms with E-state index in [0.29, 0.717) is 19.8 Å². The second-order valence-corrected chi connectivity index (χ2v) is 6.49. The first kappa shape index (κ1) is 20.6. The average molecular weight is 354 g/mol. The lowest BCUT2D eigenvalue weighted by Gasteiger charge is -2.15. The van der Waals surface area contributed by atoms with Gasteiger partial charge in [0, 0.05) is 32.8 Å². The van der Waals surface area contributed by atoms with Gasteiger partial charge >= 0.3 is 0 Å². The Balaban J connectivity index is 2.48. The van der Waals surface area contributed by atoms with Crippen molar-refractivity contribution in [1.82, 2.24) is 10.6 Å². The smallest absolute Gasteiger partial charge is 0.191 e. The fraction of sp³-hybridized carbons (Fsp3) is 0.611. The van der Waals surface area contributed by atoms with Crippen molar-refractivity contribution in [2.24, 2.45) is 4.99 Å². The van der Waals surface area contributed by atoms with Crippen molar-refractivity contribution in [1.29, 1.82) is 0 Å². The van der Waals surface area contributed by atoms with E-state index < -0.39 is 0 Å². The topological polar surface area (TPSA) is 54.9 Å². The van der Waals surface area contributed by atoms with Crippen LogP contribution in [0.2, 0.25) is 0 Å². The van der Waals surface area contributed by atoms with Crippen LogP contribution in [0.1, 0.15) is 24.0 Å². The molecule has 0 saturated carbocycles. The van der Waals surface area contributed by atoms with Crippen LogP contribution >= 0.6 is 11.8 Å². The third kappa shape index (κ3) is 8.45. The third-order valence-corrected chi connectivity index (χ3v) is 4.20. The number of guanidine groups is 1. The highest BCUT2D eigenvalue weighted by Gasteiger charge is 2.06. The molecule has 1 aromatic rings. The lowest BCUT2D eigenvalue weighted by Crippen LogP contribution is -2.37. The summed E-state index contributed by atoms with van der Waals surface area (Å²) in [5.41, 5.74) is 2.30. The van der Waals surface area contributed by atoms with E-state index in [1.165, 1.54) is 17.7 Å². The summed E-state index contributed by atoms with van der Waals surface area (Å²) < 4.78 is 10.9. The van der Waals surface area contributed by atoms with Crippen LogP contribution in [0.4, 0.5) is 0 Å². The van der Waals surface area contributed by atoms with Crippen LogP contribution in [0.3, 0.4) is 0 Å². The highest BCUT2D eigenvalue weighted by Crippen LogP contribution is 2.20. The van der Waals surface area contributed by atoms with Gasteiger partial charge in [0.05, 0.1) is 6.61 Å². The largest absolute Gasteiger partial charge is 0.491 e. The fourth-order valence-corrected chi connectivity index (χ4v) is 2.65. The Morgan fingerprint density at radius 1 is 1.21 bits per heavy atom. The number of methoxy groups -OCH3 is 1. The van der Waals surface area contributed by atoms with Gasteiger partial charge in [-0.2, -0.15) is 11.8 Å². The molecule has 0 radical (unpaired) electrons. The van der Waals surface area contributed by atoms with Gasteiger partial charge in [0.1, 0.15) is 12.4 Å². The fourth-order valence-electron chi connectivity index (χ4n) is 2.15. The molecule has 24 heavy (non-hydrogen) atoms. The van der Waals surface area contributed by atoms with E-state index in [1.54, 1.807) is 14.2 Å². The van der Waals surface area contributed by atoms with Crippen molar-refractivity contribution in [3.63, 3.8) is 0 Å². The summed E-state index contributed by atoms with van der Waals surface area (Å²) in [4.78, 5) is 4.27. The first-order valence-electron chi connectivity index (χ1n) is 8.36. The molecule has 0 atom stereocenters. The number of hydrogen-bond donors (Lipinski definition) is 2. The number of nitrogens with one attached hydrogen (secondary N) is 2. The molecule has 0 aliphatic rings. The van der Waals surface area contributed by atoms with Gasteiger partial charge in [-0.05, 0) is 43.4 Å². The van der Waals surface area contributed by atoms with Crippen molar-refractivity contribution >= 4 is 17.7 Å². The second-order valence-electron chi connectivity index (χ2n) is 5.50. The molecular formula is C18H31N3O2S. The first-order valence-corrected chi connectivity index (χ1v) is 9.75. The molecule has 0 spiro atoms. The van der Waals surface area contributed by atoms with Gasteiger partial charge in [-0.1, -0.05) is 12.1 Å². The molecule has 2 N–H and O–H groups in total. The van der Waals surface area contributed by atoms with Gasteiger partial charge < -0.3 is 20.1 Å². The highest BCUT2D eigenvalue weighted by molar-refractivity contribution is 7.98. The summed E-state index contributed by atoms with van der Waals surface area (Å²) in [5, 5.41) is 6.70. The Labute approximate surface area is 150 Å². The Bertz CT molecular complexity index is 495. The molecule has 0 aromatic heterocycles. The third-order valence-electron chi connectivity index (χ3n) is 3.51. The van der Waals surface area contributed by atoms with Crippen molar-refractivity contribution in [3.05, 3.63) is 29.3 Å². The quantitative estimate of drug-likeness (QED) is 0.364. The summed E-state index contributed by atoms with van der Waals surface area (Å²) in [7, 11) is 3.47. The van der Waals surface area contributed by atoms with Crippen LogP contribution in [-0.4, -0.2) is 51.9 Å². The maximum absolute atomic E-state index is 5.82. The van der Waals surface area contributed by atoms with Gasteiger partial charge in [-0.25, -0.2) is 0 Å². The average Bonchev–Trinajstić information content (AvgIpc) is 2.59. The molecule has 0 aliphatic heterocycles. The summed E-state index contributed by atoms with van der Waals surface area (Å²) >= 11 is 1.89. The summed E-state index contributed by atoms with van der Waals surface area (Å²) in [6.45, 7) is 4.81. The maximum Gasteiger partial charge on any atom is 0.191 e. The molecule has 0 heterocycles. The molecule has 1 aromatic carbocycles. The van der Waals surface area contributed by atoms with Gasteiger partial charge in [0.25, 0.3) is 0 Å². The SMILES string of the molecule is CN=C(NCCCCSC)NCc1ccc(C)cc1OCCOC. The molecule has 136 valence electrons. The minimum absolute atomic E-state index is 0.551. The van der Waals surface area contributed by atoms with Crippen LogP contribution in [0, 0.1) is 6.92 Å². The van der Waals surface area contributed by atoms with E-state index in [1.807, 2.05) is 11.8 Å². The molecule has 0 aliphatic carbocycles. The van der Waals surface area contributed by atoms with Crippen molar-refractivity contribution in [2.75, 3.05) is 45.9 Å². The predicted octanol–water partition coefficient (Wildman–Crippen LogP) is 2.83. The number of unbranched alkanes of at least 4 members (excludes halogenated alkanes) is 1. The van der Waals surface area contributed by atoms with E-state index in [9.17, 15) is 0 Å². The zero-order valence-corrected chi connectivity index (χ0v) is 16.2. The summed E-state index contributed by atoms with van der Waals surface area (Å²) in [6.07, 6.45) is 4.51. The van der Waals surface area contributed by atoms with E-state index in [0.717, 1.165) is 30.2 Å². The molecule has 5 nitrogen and oxygen atoms in total. The Hall–Kier alpha value is -1.40. The van der Waals surface area contributed by atoms with E-state index in [-0.39, 0.29) is 0 Å². The number of rotatable bonds is 11. The van der Waals surface area contributed by atoms with E-state index >= 15 is 0 Å². The van der Waals surface area contributed by atoms with Gasteiger partial charge in [-0.3, -0.25) is 4.99 Å². The molecular weight excluding hydrogens is 322 g/mol. The molecule has 0 unspecified atom stereocenters. The van der Waals surface area contributed by atoms with Crippen molar-refractivity contribution in [2.45, 2.75) is 26.3 Å². The number of thioether (sulfide) groups is 1. The summed E-state index contributed by atoms with van der Waals surface area (Å²) in [5.74, 6) is 2.93. The number of nitrogens with zero attached hydrogens (tertiary/aromatic N) is 1. The molecule has 1 rings (SSSR count). The Morgan fingerprint density at radius 3 is 2.75 bits per heavy atom. The number of hydrogen-bond acceptors (Lipinski definition) is 4. The van der Waals surface area contributed by atoms with Crippen LogP contribution in [0.15, 0.2) is 23.2 Å². The molecule has 0 fully saturated rings. The van der Waals surface area contributed by atoms with Crippen molar-refractivity contribution in [3.8, 4) is 5.75 Å². The molecule has 0 saturated heterocycles. The standard InChI is InChI=1S/C18H31N3O2S/c1-15-7-8-16(17(13-15)23-11-10-22-3)14-21-18(19-2)20-9-5-6-12-24-4/h7-8,13H,5-6,9-12,14H2,1-4H3,(H2,19,20,21). The zero-order chi connectivity index (χ0) is 17.6. The molecule has 6 heteroatoms. The molecule has 0 amide bonds. The Morgan fingerprint density at radius 2 is 2.04 bits per heavy atom. The normalized spacial score (nSPS) is 11.4. The van der Waals surface area contributed by atoms with Crippen molar-refractivity contribution < 1.29 is 9.47 Å². The van der Waals surface area contributed by atoms with Gasteiger partial charge in [0.2, 0.25) is 0 Å². The number of aryl methyl sites for hydroxylation is 1. The minimum atomic E-state index is 0.551. The first-order chi connectivity index (χ1) is 11.7. The second kappa shape index (κ2) is 13.0. The van der Waals surface area contributed by atoms with Crippen LogP contribution in [-0.2, 0) is 11.3 Å². The highest BCUT2D eigenvalue weighted by atomic mass is 32.2. The summed E-state index contributed by atoms with van der Waals surface area (Å²) in [6, 6.07) is 6.25. The maximum atomic E-state index is 5.82. The zero-order valence-electron chi connectivity index (χ0n) is 15.4. The lowest BCUT2D eigenvalue weighted by molar-refractivity contribution is 0.145. The van der Waals surface area contributed by atoms with Crippen LogP contribution in [0.25, 0.3) is 0 Å². The molecule has 0 bridgehead atoms. The monoisotopic (exact) mass is 353 g/mol.